The number of nitrogens with one attached hydrogen (secondary N) is 1. The zero-order valence-corrected chi connectivity index (χ0v) is 20.3. The van der Waals surface area contributed by atoms with Crippen molar-refractivity contribution in [1.29, 1.82) is 0 Å². The number of ketones is 1. The van der Waals surface area contributed by atoms with Crippen molar-refractivity contribution in [1.82, 2.24) is 5.32 Å². The molecule has 0 aromatic rings. The van der Waals surface area contributed by atoms with Crippen LogP contribution in [0, 0.1) is 16.7 Å². The Hall–Kier alpha value is -1.81. The molecule has 4 N–H and O–H groups in total. The third-order valence-corrected chi connectivity index (χ3v) is 8.47. The minimum absolute atomic E-state index is 0.194. The van der Waals surface area contributed by atoms with E-state index in [4.69, 9.17) is 9.47 Å². The molecule has 186 valence electrons. The number of aliphatic hydroxyl groups is 3. The van der Waals surface area contributed by atoms with Crippen molar-refractivity contribution in [2.45, 2.75) is 95.9 Å². The number of carbonyl (C=O) groups is 3. The fourth-order valence-electron chi connectivity index (χ4n) is 6.86. The topological polar surface area (TPSA) is 142 Å². The van der Waals surface area contributed by atoms with Crippen LogP contribution in [0.15, 0.2) is 12.7 Å². The number of fused-ring (bicyclic) bond motifs is 3. The quantitative estimate of drug-likeness (QED) is 0.348. The second-order valence-corrected chi connectivity index (χ2v) is 11.2. The number of amides is 1. The Balaban J connectivity index is 2.21. The first-order valence-corrected chi connectivity index (χ1v) is 11.4. The average molecular weight is 468 g/mol. The predicted molar refractivity (Wildman–Crippen MR) is 118 cm³/mol. The summed E-state index contributed by atoms with van der Waals surface area (Å²) in [6.45, 7) is 13.0. The van der Waals surface area contributed by atoms with Crippen molar-refractivity contribution in [2.24, 2.45) is 16.7 Å². The monoisotopic (exact) mass is 467 g/mol. The van der Waals surface area contributed by atoms with Gasteiger partial charge in [-0.25, -0.2) is 0 Å². The van der Waals surface area contributed by atoms with Crippen LogP contribution in [0.3, 0.4) is 0 Å². The van der Waals surface area contributed by atoms with E-state index in [1.54, 1.807) is 13.8 Å². The molecule has 1 heterocycles. The molecule has 9 nitrogen and oxygen atoms in total. The van der Waals surface area contributed by atoms with Gasteiger partial charge in [0, 0.05) is 24.7 Å². The summed E-state index contributed by atoms with van der Waals surface area (Å²) in [7, 11) is 0. The van der Waals surface area contributed by atoms with Gasteiger partial charge in [0.1, 0.15) is 12.1 Å². The number of ether oxygens (including phenoxy) is 2. The van der Waals surface area contributed by atoms with E-state index in [2.05, 4.69) is 11.9 Å². The number of rotatable bonds is 4. The Morgan fingerprint density at radius 1 is 1.24 bits per heavy atom. The lowest BCUT2D eigenvalue weighted by Crippen LogP contribution is -2.86. The van der Waals surface area contributed by atoms with E-state index in [1.165, 1.54) is 19.9 Å². The van der Waals surface area contributed by atoms with Crippen LogP contribution in [-0.4, -0.2) is 74.6 Å². The SMILES string of the molecule is C=C[C@@]1(C)CC(=O)[C@]2(O)[C@@]3(C)[C@@H](O)CCC(C)(C)[C@@H]3[C@H](O)[C@H](OC(=O)CNC(C)=O)[C@@]2(C)O1. The first-order chi connectivity index (χ1) is 15.0. The number of carbonyl (C=O) groups excluding carboxylic acids is 3. The summed E-state index contributed by atoms with van der Waals surface area (Å²) in [5, 5.41) is 37.5. The highest BCUT2D eigenvalue weighted by molar-refractivity contribution is 5.92. The summed E-state index contributed by atoms with van der Waals surface area (Å²) in [5.41, 5.74) is -7.47. The maximum atomic E-state index is 13.7. The van der Waals surface area contributed by atoms with E-state index >= 15 is 0 Å². The highest BCUT2D eigenvalue weighted by Crippen LogP contribution is 2.66. The van der Waals surface area contributed by atoms with Crippen LogP contribution in [0.4, 0.5) is 0 Å². The van der Waals surface area contributed by atoms with Gasteiger partial charge in [-0.1, -0.05) is 26.8 Å². The number of hydrogen-bond donors (Lipinski definition) is 4. The molecule has 1 amide bonds. The van der Waals surface area contributed by atoms with E-state index in [0.717, 1.165) is 0 Å². The van der Waals surface area contributed by atoms with Crippen molar-refractivity contribution in [3.05, 3.63) is 12.7 Å². The molecule has 0 unspecified atom stereocenters. The van der Waals surface area contributed by atoms with Gasteiger partial charge in [-0.3, -0.25) is 14.4 Å². The first-order valence-electron chi connectivity index (χ1n) is 11.4. The number of hydrogen-bond acceptors (Lipinski definition) is 8. The average Bonchev–Trinajstić information content (AvgIpc) is 2.70. The molecule has 9 heteroatoms. The highest BCUT2D eigenvalue weighted by atomic mass is 16.6. The first kappa shape index (κ1) is 25.8. The van der Waals surface area contributed by atoms with E-state index < -0.39 is 76.1 Å². The molecule has 3 fully saturated rings. The summed E-state index contributed by atoms with van der Waals surface area (Å²) in [6, 6.07) is 0. The minimum atomic E-state index is -2.28. The lowest BCUT2D eigenvalue weighted by molar-refractivity contribution is -0.370. The Labute approximate surface area is 194 Å². The van der Waals surface area contributed by atoms with Crippen molar-refractivity contribution < 1.29 is 39.2 Å². The fourth-order valence-corrected chi connectivity index (χ4v) is 6.86. The van der Waals surface area contributed by atoms with Crippen molar-refractivity contribution in [2.75, 3.05) is 6.54 Å². The van der Waals surface area contributed by atoms with Gasteiger partial charge in [0.2, 0.25) is 5.91 Å². The standard InChI is InChI=1S/C24H37NO8/c1-8-21(5)11-15(28)24(31)22(6)14(27)9-10-20(3,4)18(22)17(30)19(23(24,7)33-21)32-16(29)12-25-13(2)26/h8,14,17-19,27,30-31H,1,9-12H2,2-7H3,(H,25,26)/t14-,17-,18-,19-,21-,22-,23+,24-/m0/s1. The molecule has 0 aromatic carbocycles. The van der Waals surface area contributed by atoms with Crippen LogP contribution < -0.4 is 5.32 Å². The highest BCUT2D eigenvalue weighted by Gasteiger charge is 2.81. The lowest BCUT2D eigenvalue weighted by atomic mass is 9.40. The molecule has 2 saturated carbocycles. The van der Waals surface area contributed by atoms with Gasteiger partial charge in [-0.2, -0.15) is 0 Å². The summed E-state index contributed by atoms with van der Waals surface area (Å²) in [6.07, 6.45) is -1.82. The summed E-state index contributed by atoms with van der Waals surface area (Å²) >= 11 is 0. The van der Waals surface area contributed by atoms with Gasteiger partial charge in [-0.15, -0.1) is 6.58 Å². The lowest BCUT2D eigenvalue weighted by Gasteiger charge is -2.71. The summed E-state index contributed by atoms with van der Waals surface area (Å²) in [5.74, 6) is -2.66. The molecule has 0 spiro atoms. The summed E-state index contributed by atoms with van der Waals surface area (Å²) in [4.78, 5) is 37.6. The van der Waals surface area contributed by atoms with Crippen molar-refractivity contribution >= 4 is 17.7 Å². The Morgan fingerprint density at radius 2 is 1.85 bits per heavy atom. The van der Waals surface area contributed by atoms with Gasteiger partial charge < -0.3 is 30.1 Å². The third-order valence-electron chi connectivity index (χ3n) is 8.47. The molecule has 1 saturated heterocycles. The Bertz CT molecular complexity index is 873. The van der Waals surface area contributed by atoms with E-state index in [1.807, 2.05) is 13.8 Å². The zero-order valence-electron chi connectivity index (χ0n) is 20.3. The van der Waals surface area contributed by atoms with Crippen LogP contribution in [0.5, 0.6) is 0 Å². The largest absolute Gasteiger partial charge is 0.455 e. The molecule has 0 radical (unpaired) electrons. The second-order valence-electron chi connectivity index (χ2n) is 11.2. The van der Waals surface area contributed by atoms with Gasteiger partial charge in [0.05, 0.1) is 17.8 Å². The van der Waals surface area contributed by atoms with Gasteiger partial charge in [0.25, 0.3) is 0 Å². The predicted octanol–water partition coefficient (Wildman–Crippen LogP) is 0.636. The second kappa shape index (κ2) is 7.86. The molecule has 3 rings (SSSR count). The number of esters is 1. The maximum Gasteiger partial charge on any atom is 0.325 e. The molecular formula is C24H37NO8. The minimum Gasteiger partial charge on any atom is -0.455 e. The van der Waals surface area contributed by atoms with Crippen LogP contribution in [0.25, 0.3) is 0 Å². The van der Waals surface area contributed by atoms with Crippen LogP contribution >= 0.6 is 0 Å². The molecule has 0 bridgehead atoms. The number of aliphatic hydroxyl groups excluding tert-OH is 2. The Morgan fingerprint density at radius 3 is 2.39 bits per heavy atom. The molecule has 8 atom stereocenters. The van der Waals surface area contributed by atoms with Crippen LogP contribution in [-0.2, 0) is 23.9 Å². The molecular weight excluding hydrogens is 430 g/mol. The molecule has 0 aromatic heterocycles. The van der Waals surface area contributed by atoms with Crippen molar-refractivity contribution in [3.63, 3.8) is 0 Å². The Kier molecular flexibility index (Phi) is 6.15. The maximum absolute atomic E-state index is 13.7. The normalized spacial score (nSPS) is 46.5. The van der Waals surface area contributed by atoms with Gasteiger partial charge in [-0.05, 0) is 32.1 Å². The molecule has 2 aliphatic carbocycles. The number of Topliss-reactive ketones (excluding diaryl/α,β-unsaturated/α-hetero) is 1. The molecule has 1 aliphatic heterocycles. The smallest absolute Gasteiger partial charge is 0.325 e. The van der Waals surface area contributed by atoms with E-state index in [-0.39, 0.29) is 6.42 Å². The van der Waals surface area contributed by atoms with Gasteiger partial charge in [0.15, 0.2) is 17.5 Å². The summed E-state index contributed by atoms with van der Waals surface area (Å²) < 4.78 is 11.9. The van der Waals surface area contributed by atoms with E-state index in [0.29, 0.717) is 12.8 Å². The fraction of sp³-hybridized carbons (Fsp3) is 0.792. The third kappa shape index (κ3) is 3.47. The zero-order chi connectivity index (χ0) is 25.2. The molecule has 33 heavy (non-hydrogen) atoms. The van der Waals surface area contributed by atoms with Crippen LogP contribution in [0.1, 0.15) is 60.8 Å². The van der Waals surface area contributed by atoms with Gasteiger partial charge >= 0.3 is 5.97 Å². The van der Waals surface area contributed by atoms with Crippen LogP contribution in [0.2, 0.25) is 0 Å². The molecule has 3 aliphatic rings. The van der Waals surface area contributed by atoms with Crippen molar-refractivity contribution in [3.8, 4) is 0 Å². The van der Waals surface area contributed by atoms with E-state index in [9.17, 15) is 29.7 Å².